The molecule has 0 aromatic rings. The van der Waals surface area contributed by atoms with Gasteiger partial charge in [0.1, 0.15) is 55.4 Å². The van der Waals surface area contributed by atoms with E-state index in [1.165, 1.54) is 77.0 Å². The van der Waals surface area contributed by atoms with Gasteiger partial charge in [0.25, 0.3) is 0 Å². The van der Waals surface area contributed by atoms with Crippen LogP contribution in [0.2, 0.25) is 0 Å². The van der Waals surface area contributed by atoms with Gasteiger partial charge < -0.3 is 64.2 Å². The minimum atomic E-state index is -1.77. The van der Waals surface area contributed by atoms with Crippen molar-refractivity contribution in [1.82, 2.24) is 0 Å². The van der Waals surface area contributed by atoms with Gasteiger partial charge in [-0.05, 0) is 44.9 Å². The van der Waals surface area contributed by atoms with E-state index < -0.39 is 99.3 Å². The average molecular weight is 929 g/mol. The fourth-order valence-corrected chi connectivity index (χ4v) is 7.76. The lowest BCUT2D eigenvalue weighted by Crippen LogP contribution is -2.61. The Hall–Kier alpha value is -2.28. The third kappa shape index (κ3) is 26.2. The second-order valence-corrected chi connectivity index (χ2v) is 17.6. The Balaban J connectivity index is 1.82. The van der Waals surface area contributed by atoms with Crippen LogP contribution in [0.15, 0.2) is 36.5 Å². The monoisotopic (exact) mass is 929 g/mol. The summed E-state index contributed by atoms with van der Waals surface area (Å²) in [6.45, 7) is 2.44. The van der Waals surface area contributed by atoms with Crippen LogP contribution >= 0.6 is 0 Å². The van der Waals surface area contributed by atoms with Gasteiger partial charge in [0.2, 0.25) is 0 Å². The van der Waals surface area contributed by atoms with E-state index in [4.69, 9.17) is 28.4 Å². The summed E-state index contributed by atoms with van der Waals surface area (Å²) in [5, 5.41) is 72.0. The van der Waals surface area contributed by atoms with Crippen molar-refractivity contribution >= 4 is 11.9 Å². The predicted octanol–water partition coefficient (Wildman–Crippen LogP) is 6.54. The number of esters is 2. The van der Waals surface area contributed by atoms with Crippen LogP contribution in [0.3, 0.4) is 0 Å². The van der Waals surface area contributed by atoms with Gasteiger partial charge in [-0.3, -0.25) is 9.59 Å². The third-order valence-electron chi connectivity index (χ3n) is 11.9. The second kappa shape index (κ2) is 37.7. The molecule has 0 bridgehead atoms. The SMILES string of the molecule is CC/C=C\C/C=C\C/C=C\CCCCCC(=O)OC(COC(=O)CCCCCCCCCCCCCCCCCC)COC1OC(COC2OC(CO)C(O)C(O)C2O)C(O)C(O)C1O. The quantitative estimate of drug-likeness (QED) is 0.0198. The first-order valence-corrected chi connectivity index (χ1v) is 25.1. The Morgan fingerprint density at radius 3 is 1.52 bits per heavy atom. The molecule has 11 atom stereocenters. The molecule has 0 aromatic carbocycles. The number of rotatable bonds is 38. The van der Waals surface area contributed by atoms with Crippen LogP contribution in [0, 0.1) is 0 Å². The van der Waals surface area contributed by atoms with Crippen LogP contribution in [0.25, 0.3) is 0 Å². The van der Waals surface area contributed by atoms with Crippen LogP contribution in [0.4, 0.5) is 0 Å². The van der Waals surface area contributed by atoms with E-state index in [1.54, 1.807) is 0 Å². The van der Waals surface area contributed by atoms with Crippen molar-refractivity contribution in [2.45, 2.75) is 242 Å². The van der Waals surface area contributed by atoms with E-state index in [-0.39, 0.29) is 19.4 Å². The van der Waals surface area contributed by atoms with Crippen molar-refractivity contribution < 1.29 is 73.8 Å². The van der Waals surface area contributed by atoms with Crippen LogP contribution in [0.5, 0.6) is 0 Å². The number of carbonyl (C=O) groups is 2. The van der Waals surface area contributed by atoms with E-state index in [0.29, 0.717) is 12.8 Å². The number of hydrogen-bond acceptors (Lipinski definition) is 15. The van der Waals surface area contributed by atoms with Gasteiger partial charge in [-0.25, -0.2) is 0 Å². The van der Waals surface area contributed by atoms with Crippen LogP contribution in [0.1, 0.15) is 174 Å². The van der Waals surface area contributed by atoms with Gasteiger partial charge in [-0.15, -0.1) is 0 Å². The van der Waals surface area contributed by atoms with Crippen LogP contribution in [-0.2, 0) is 38.0 Å². The van der Waals surface area contributed by atoms with E-state index in [9.17, 15) is 45.3 Å². The summed E-state index contributed by atoms with van der Waals surface area (Å²) in [7, 11) is 0. The van der Waals surface area contributed by atoms with Gasteiger partial charge in [-0.2, -0.15) is 0 Å². The first-order valence-electron chi connectivity index (χ1n) is 25.1. The Morgan fingerprint density at radius 2 is 0.969 bits per heavy atom. The number of aliphatic hydroxyl groups is 7. The Morgan fingerprint density at radius 1 is 0.508 bits per heavy atom. The molecule has 0 radical (unpaired) electrons. The Labute approximate surface area is 389 Å². The van der Waals surface area contributed by atoms with Crippen molar-refractivity contribution in [1.29, 1.82) is 0 Å². The topological polar surface area (TPSA) is 231 Å². The molecule has 15 heteroatoms. The zero-order chi connectivity index (χ0) is 47.5. The molecule has 2 aliphatic rings. The summed E-state index contributed by atoms with van der Waals surface area (Å²) >= 11 is 0. The highest BCUT2D eigenvalue weighted by atomic mass is 16.7. The molecule has 0 aromatic heterocycles. The second-order valence-electron chi connectivity index (χ2n) is 17.6. The van der Waals surface area contributed by atoms with Gasteiger partial charge in [0.05, 0.1) is 19.8 Å². The molecule has 0 saturated carbocycles. The first-order chi connectivity index (χ1) is 31.5. The van der Waals surface area contributed by atoms with Crippen molar-refractivity contribution in [3.63, 3.8) is 0 Å². The highest BCUT2D eigenvalue weighted by molar-refractivity contribution is 5.70. The molecule has 2 aliphatic heterocycles. The number of ether oxygens (including phenoxy) is 6. The molecule has 2 fully saturated rings. The molecule has 2 heterocycles. The maximum Gasteiger partial charge on any atom is 0.306 e. The molecule has 378 valence electrons. The maximum absolute atomic E-state index is 13.0. The maximum atomic E-state index is 13.0. The molecule has 0 aliphatic carbocycles. The van der Waals surface area contributed by atoms with Gasteiger partial charge in [0.15, 0.2) is 18.7 Å². The largest absolute Gasteiger partial charge is 0.462 e. The molecule has 11 unspecified atom stereocenters. The Bertz CT molecular complexity index is 1280. The number of hydrogen-bond donors (Lipinski definition) is 7. The van der Waals surface area contributed by atoms with E-state index in [2.05, 4.69) is 50.3 Å². The summed E-state index contributed by atoms with van der Waals surface area (Å²) in [5.41, 5.74) is 0. The van der Waals surface area contributed by atoms with Crippen molar-refractivity contribution in [2.75, 3.05) is 26.4 Å². The molecule has 0 amide bonds. The normalized spacial score (nSPS) is 26.7. The first kappa shape index (κ1) is 58.8. The molecule has 65 heavy (non-hydrogen) atoms. The number of carbonyl (C=O) groups excluding carboxylic acids is 2. The standard InChI is InChI=1S/C50H88O15/c1-3-5-7-9-11-13-15-17-18-19-21-22-24-26-28-30-32-41(52)60-35-38(63-42(53)33-31-29-27-25-23-20-16-14-12-10-8-6-4-2)36-61-49-48(59)46(57)44(55)40(65-49)37-62-50-47(58)45(56)43(54)39(34-51)64-50/h6,8,12,14,20,23,38-40,43-51,54-59H,3-5,7,9-11,13,15-19,21-22,24-37H2,1-2H3/b8-6-,14-12-,23-20-. The number of aliphatic hydroxyl groups excluding tert-OH is 7. The molecule has 7 N–H and O–H groups in total. The van der Waals surface area contributed by atoms with Crippen molar-refractivity contribution in [3.8, 4) is 0 Å². The van der Waals surface area contributed by atoms with Gasteiger partial charge in [0, 0.05) is 12.8 Å². The predicted molar refractivity (Wildman–Crippen MR) is 247 cm³/mol. The number of allylic oxidation sites excluding steroid dienone is 6. The molecule has 15 nitrogen and oxygen atoms in total. The lowest BCUT2D eigenvalue weighted by atomic mass is 9.98. The minimum absolute atomic E-state index is 0.131. The summed E-state index contributed by atoms with van der Waals surface area (Å²) in [4.78, 5) is 25.7. The zero-order valence-electron chi connectivity index (χ0n) is 39.7. The summed E-state index contributed by atoms with van der Waals surface area (Å²) in [5.74, 6) is -0.956. The van der Waals surface area contributed by atoms with E-state index in [0.717, 1.165) is 57.8 Å². The lowest BCUT2D eigenvalue weighted by Gasteiger charge is -2.42. The molecule has 2 rings (SSSR count). The van der Waals surface area contributed by atoms with Crippen molar-refractivity contribution in [2.24, 2.45) is 0 Å². The fraction of sp³-hybridized carbons (Fsp3) is 0.840. The van der Waals surface area contributed by atoms with Crippen molar-refractivity contribution in [3.05, 3.63) is 36.5 Å². The minimum Gasteiger partial charge on any atom is -0.462 e. The van der Waals surface area contributed by atoms with Gasteiger partial charge in [-0.1, -0.05) is 153 Å². The fourth-order valence-electron chi connectivity index (χ4n) is 7.76. The highest BCUT2D eigenvalue weighted by Gasteiger charge is 2.47. The van der Waals surface area contributed by atoms with E-state index in [1.807, 2.05) is 0 Å². The zero-order valence-corrected chi connectivity index (χ0v) is 39.7. The number of unbranched alkanes of at least 4 members (excludes halogenated alkanes) is 18. The van der Waals surface area contributed by atoms with Crippen LogP contribution in [-0.4, -0.2) is 142 Å². The summed E-state index contributed by atoms with van der Waals surface area (Å²) < 4.78 is 33.5. The van der Waals surface area contributed by atoms with Gasteiger partial charge >= 0.3 is 11.9 Å². The smallest absolute Gasteiger partial charge is 0.306 e. The summed E-state index contributed by atoms with van der Waals surface area (Å²) in [6, 6.07) is 0. The third-order valence-corrected chi connectivity index (χ3v) is 11.9. The highest BCUT2D eigenvalue weighted by Crippen LogP contribution is 2.26. The summed E-state index contributed by atoms with van der Waals surface area (Å²) in [6.07, 6.45) is 21.8. The molecular weight excluding hydrogens is 841 g/mol. The average Bonchev–Trinajstić information content (AvgIpc) is 3.30. The van der Waals surface area contributed by atoms with E-state index >= 15 is 0 Å². The van der Waals surface area contributed by atoms with Crippen LogP contribution < -0.4 is 0 Å². The molecular formula is C50H88O15. The molecule has 2 saturated heterocycles. The molecule has 0 spiro atoms. The Kier molecular flexibility index (Phi) is 34.1. The lowest BCUT2D eigenvalue weighted by molar-refractivity contribution is -0.332.